The molecule has 5 rings (SSSR count). The van der Waals surface area contributed by atoms with E-state index in [0.717, 1.165) is 35.8 Å². The Morgan fingerprint density at radius 2 is 1.41 bits per heavy atom. The van der Waals surface area contributed by atoms with Crippen molar-refractivity contribution in [2.75, 3.05) is 0 Å². The van der Waals surface area contributed by atoms with Gasteiger partial charge in [-0.15, -0.1) is 0 Å². The highest BCUT2D eigenvalue weighted by molar-refractivity contribution is 5.06. The van der Waals surface area contributed by atoms with E-state index in [1.165, 1.54) is 6.42 Å². The van der Waals surface area contributed by atoms with E-state index in [1.807, 2.05) is 0 Å². The van der Waals surface area contributed by atoms with Gasteiger partial charge in [-0.3, -0.25) is 0 Å². The summed E-state index contributed by atoms with van der Waals surface area (Å²) in [5.41, 5.74) is 0.705. The van der Waals surface area contributed by atoms with Gasteiger partial charge in [0.05, 0.1) is 0 Å². The van der Waals surface area contributed by atoms with Crippen molar-refractivity contribution in [1.82, 2.24) is 5.32 Å². The van der Waals surface area contributed by atoms with Crippen LogP contribution in [0.25, 0.3) is 0 Å². The summed E-state index contributed by atoms with van der Waals surface area (Å²) in [5.74, 6) is 4.25. The molecule has 17 heavy (non-hydrogen) atoms. The fraction of sp³-hybridized carbons (Fsp3) is 1.00. The Balaban J connectivity index is 1.51. The highest BCUT2D eigenvalue weighted by Crippen LogP contribution is 2.61. The number of nitrogens with one attached hydrogen (secondary N) is 1. The van der Waals surface area contributed by atoms with Crippen LogP contribution >= 0.6 is 0 Å². The summed E-state index contributed by atoms with van der Waals surface area (Å²) < 4.78 is 0. The lowest BCUT2D eigenvalue weighted by molar-refractivity contribution is -0.0708. The van der Waals surface area contributed by atoms with E-state index in [0.29, 0.717) is 5.41 Å². The molecule has 96 valence electrons. The lowest BCUT2D eigenvalue weighted by Crippen LogP contribution is -2.55. The summed E-state index contributed by atoms with van der Waals surface area (Å²) in [6.07, 6.45) is 10.8. The van der Waals surface area contributed by atoms with E-state index in [2.05, 4.69) is 19.2 Å². The van der Waals surface area contributed by atoms with Crippen LogP contribution in [-0.4, -0.2) is 12.1 Å². The van der Waals surface area contributed by atoms with Gasteiger partial charge in [-0.05, 0) is 81.0 Å². The maximum atomic E-state index is 3.96. The second-order valence-corrected chi connectivity index (χ2v) is 7.99. The first kappa shape index (κ1) is 10.8. The Morgan fingerprint density at radius 1 is 0.941 bits per heavy atom. The van der Waals surface area contributed by atoms with Crippen LogP contribution in [-0.2, 0) is 0 Å². The van der Waals surface area contributed by atoms with E-state index in [1.54, 1.807) is 38.5 Å². The summed E-state index contributed by atoms with van der Waals surface area (Å²) in [5, 5.41) is 3.96. The molecular weight excluding hydrogens is 206 g/mol. The predicted molar refractivity (Wildman–Crippen MR) is 70.8 cm³/mol. The van der Waals surface area contributed by atoms with E-state index in [9.17, 15) is 0 Å². The Bertz CT molecular complexity index is 286. The van der Waals surface area contributed by atoms with Gasteiger partial charge in [0.15, 0.2) is 0 Å². The molecule has 0 heterocycles. The van der Waals surface area contributed by atoms with Gasteiger partial charge in [0.25, 0.3) is 0 Å². The van der Waals surface area contributed by atoms with Gasteiger partial charge in [0, 0.05) is 12.1 Å². The van der Waals surface area contributed by atoms with Gasteiger partial charge in [0.2, 0.25) is 0 Å². The zero-order valence-corrected chi connectivity index (χ0v) is 11.4. The molecule has 0 aliphatic heterocycles. The second-order valence-electron chi connectivity index (χ2n) is 7.99. The maximum absolute atomic E-state index is 3.96. The molecule has 5 aliphatic rings. The molecule has 0 aromatic carbocycles. The number of hydrogen-bond acceptors (Lipinski definition) is 1. The minimum absolute atomic E-state index is 0.705. The van der Waals surface area contributed by atoms with Crippen LogP contribution < -0.4 is 5.32 Å². The lowest BCUT2D eigenvalue weighted by Gasteiger charge is -2.59. The monoisotopic (exact) mass is 233 g/mol. The van der Waals surface area contributed by atoms with E-state index >= 15 is 0 Å². The van der Waals surface area contributed by atoms with Crippen molar-refractivity contribution >= 4 is 0 Å². The molecule has 1 nitrogen and oxygen atoms in total. The average Bonchev–Trinajstić information content (AvgIpc) is 2.92. The Hall–Kier alpha value is -0.0400. The SMILES string of the molecule is CC1CC1NC(C)C12CC3CC(CC(C3)C1)C2. The van der Waals surface area contributed by atoms with Crippen LogP contribution in [0.2, 0.25) is 0 Å². The standard InChI is InChI=1S/C16H27N/c1-10-3-15(10)17-11(2)16-7-12-4-13(8-16)6-14(5-12)9-16/h10-15,17H,3-9H2,1-2H3. The van der Waals surface area contributed by atoms with Crippen LogP contribution in [0.3, 0.4) is 0 Å². The van der Waals surface area contributed by atoms with Crippen molar-refractivity contribution in [2.24, 2.45) is 29.1 Å². The number of hydrogen-bond donors (Lipinski definition) is 1. The quantitative estimate of drug-likeness (QED) is 0.785. The molecule has 0 spiro atoms. The van der Waals surface area contributed by atoms with Crippen LogP contribution in [0, 0.1) is 29.1 Å². The smallest absolute Gasteiger partial charge is 0.00990 e. The van der Waals surface area contributed by atoms with Crippen molar-refractivity contribution in [3.8, 4) is 0 Å². The molecule has 5 fully saturated rings. The molecule has 0 aromatic heterocycles. The molecule has 0 amide bonds. The van der Waals surface area contributed by atoms with Crippen molar-refractivity contribution in [3.05, 3.63) is 0 Å². The highest BCUT2D eigenvalue weighted by atomic mass is 15.0. The summed E-state index contributed by atoms with van der Waals surface area (Å²) in [6.45, 7) is 4.89. The third-order valence-electron chi connectivity index (χ3n) is 6.58. The Labute approximate surface area is 106 Å². The molecular formula is C16H27N. The first-order chi connectivity index (χ1) is 8.14. The third kappa shape index (κ3) is 1.69. The van der Waals surface area contributed by atoms with Crippen molar-refractivity contribution < 1.29 is 0 Å². The van der Waals surface area contributed by atoms with Crippen LogP contribution in [0.5, 0.6) is 0 Å². The van der Waals surface area contributed by atoms with Gasteiger partial charge in [-0.25, -0.2) is 0 Å². The normalized spacial score (nSPS) is 57.2. The highest BCUT2D eigenvalue weighted by Gasteiger charge is 2.53. The summed E-state index contributed by atoms with van der Waals surface area (Å²) in [6, 6.07) is 1.64. The van der Waals surface area contributed by atoms with Crippen molar-refractivity contribution in [3.63, 3.8) is 0 Å². The Kier molecular flexibility index (Phi) is 2.23. The number of rotatable bonds is 3. The van der Waals surface area contributed by atoms with Gasteiger partial charge < -0.3 is 5.32 Å². The first-order valence-electron chi connectivity index (χ1n) is 7.91. The van der Waals surface area contributed by atoms with Gasteiger partial charge >= 0.3 is 0 Å². The minimum atomic E-state index is 0.705. The van der Waals surface area contributed by atoms with Crippen molar-refractivity contribution in [1.29, 1.82) is 0 Å². The fourth-order valence-electron chi connectivity index (χ4n) is 5.76. The van der Waals surface area contributed by atoms with Crippen LogP contribution in [0.15, 0.2) is 0 Å². The topological polar surface area (TPSA) is 12.0 Å². The van der Waals surface area contributed by atoms with E-state index in [-0.39, 0.29) is 0 Å². The molecule has 0 aromatic rings. The zero-order chi connectivity index (χ0) is 11.6. The molecule has 4 bridgehead atoms. The summed E-state index contributed by atoms with van der Waals surface area (Å²) >= 11 is 0. The predicted octanol–water partition coefficient (Wildman–Crippen LogP) is 3.59. The summed E-state index contributed by atoms with van der Waals surface area (Å²) in [7, 11) is 0. The first-order valence-corrected chi connectivity index (χ1v) is 7.91. The van der Waals surface area contributed by atoms with Crippen LogP contribution in [0.4, 0.5) is 0 Å². The molecule has 0 radical (unpaired) electrons. The third-order valence-corrected chi connectivity index (χ3v) is 6.58. The molecule has 3 atom stereocenters. The fourth-order valence-corrected chi connectivity index (χ4v) is 5.76. The minimum Gasteiger partial charge on any atom is -0.311 e. The van der Waals surface area contributed by atoms with Crippen molar-refractivity contribution in [2.45, 2.75) is 70.9 Å². The molecule has 3 unspecified atom stereocenters. The van der Waals surface area contributed by atoms with Gasteiger partial charge in [0.1, 0.15) is 0 Å². The second kappa shape index (κ2) is 3.50. The van der Waals surface area contributed by atoms with E-state index < -0.39 is 0 Å². The van der Waals surface area contributed by atoms with Crippen LogP contribution in [0.1, 0.15) is 58.8 Å². The largest absolute Gasteiger partial charge is 0.311 e. The average molecular weight is 233 g/mol. The molecule has 1 N–H and O–H groups in total. The molecule has 0 saturated heterocycles. The maximum Gasteiger partial charge on any atom is 0.00990 e. The van der Waals surface area contributed by atoms with Gasteiger partial charge in [-0.2, -0.15) is 0 Å². The molecule has 5 aliphatic carbocycles. The zero-order valence-electron chi connectivity index (χ0n) is 11.4. The summed E-state index contributed by atoms with van der Waals surface area (Å²) in [4.78, 5) is 0. The molecule has 1 heteroatoms. The molecule has 5 saturated carbocycles. The van der Waals surface area contributed by atoms with Gasteiger partial charge in [-0.1, -0.05) is 6.92 Å². The Morgan fingerprint density at radius 3 is 1.82 bits per heavy atom. The van der Waals surface area contributed by atoms with E-state index in [4.69, 9.17) is 0 Å². The lowest BCUT2D eigenvalue weighted by atomic mass is 9.48.